The summed E-state index contributed by atoms with van der Waals surface area (Å²) in [7, 11) is 0. The molecule has 0 aromatic rings. The fourth-order valence-electron chi connectivity index (χ4n) is 0.812. The first-order valence-electron chi connectivity index (χ1n) is 4.34. The molecule has 0 aliphatic carbocycles. The van der Waals surface area contributed by atoms with Gasteiger partial charge in [0.25, 0.3) is 0 Å². The molecular formula is C10H15Cl3O. The molecule has 4 heteroatoms. The minimum atomic E-state index is -1.22. The molecule has 1 nitrogen and oxygen atoms in total. The molecule has 14 heavy (non-hydrogen) atoms. The highest BCUT2D eigenvalue weighted by Crippen LogP contribution is 2.30. The van der Waals surface area contributed by atoms with Gasteiger partial charge in [-0.1, -0.05) is 53.0 Å². The van der Waals surface area contributed by atoms with Crippen LogP contribution in [0.4, 0.5) is 0 Å². The smallest absolute Gasteiger partial charge is 0.194 e. The summed E-state index contributed by atoms with van der Waals surface area (Å²) in [5, 5.41) is 9.55. The van der Waals surface area contributed by atoms with Gasteiger partial charge in [-0.25, -0.2) is 0 Å². The third kappa shape index (κ3) is 8.89. The second-order valence-electron chi connectivity index (χ2n) is 3.39. The van der Waals surface area contributed by atoms with E-state index in [-0.39, 0.29) is 0 Å². The summed E-state index contributed by atoms with van der Waals surface area (Å²) in [4.78, 5) is 0. The molecule has 82 valence electrons. The molecule has 1 unspecified atom stereocenters. The predicted molar refractivity (Wildman–Crippen MR) is 64.1 cm³/mol. The SMILES string of the molecule is C=CC(C)(O)CCC=CCC(Cl)(Cl)Cl. The number of hydrogen-bond acceptors (Lipinski definition) is 1. The van der Waals surface area contributed by atoms with E-state index in [0.717, 1.165) is 6.42 Å². The van der Waals surface area contributed by atoms with Gasteiger partial charge in [0.2, 0.25) is 0 Å². The summed E-state index contributed by atoms with van der Waals surface area (Å²) in [6.07, 6.45) is 6.95. The first kappa shape index (κ1) is 14.3. The van der Waals surface area contributed by atoms with Crippen molar-refractivity contribution in [3.8, 4) is 0 Å². The number of rotatable bonds is 5. The molecule has 0 radical (unpaired) electrons. The molecule has 0 bridgehead atoms. The second kappa shape index (κ2) is 6.02. The van der Waals surface area contributed by atoms with E-state index in [9.17, 15) is 5.11 Å². The molecule has 0 saturated carbocycles. The molecule has 0 fully saturated rings. The van der Waals surface area contributed by atoms with E-state index >= 15 is 0 Å². The number of alkyl halides is 3. The Morgan fingerprint density at radius 3 is 2.29 bits per heavy atom. The van der Waals surface area contributed by atoms with Gasteiger partial charge >= 0.3 is 0 Å². The van der Waals surface area contributed by atoms with Crippen molar-refractivity contribution in [2.75, 3.05) is 0 Å². The molecule has 1 N–H and O–H groups in total. The van der Waals surface area contributed by atoms with Crippen molar-refractivity contribution in [1.29, 1.82) is 0 Å². The van der Waals surface area contributed by atoms with Crippen LogP contribution in [0.3, 0.4) is 0 Å². The van der Waals surface area contributed by atoms with Gasteiger partial charge in [0.15, 0.2) is 3.79 Å². The lowest BCUT2D eigenvalue weighted by atomic mass is 10.0. The van der Waals surface area contributed by atoms with Gasteiger partial charge in [0.1, 0.15) is 0 Å². The van der Waals surface area contributed by atoms with Crippen LogP contribution in [-0.4, -0.2) is 14.5 Å². The number of halogens is 3. The maximum absolute atomic E-state index is 9.55. The van der Waals surface area contributed by atoms with E-state index in [0.29, 0.717) is 12.8 Å². The summed E-state index contributed by atoms with van der Waals surface area (Å²) in [5.74, 6) is 0. The zero-order valence-electron chi connectivity index (χ0n) is 8.14. The van der Waals surface area contributed by atoms with Crippen molar-refractivity contribution < 1.29 is 5.11 Å². The lowest BCUT2D eigenvalue weighted by molar-refractivity contribution is 0.103. The first-order valence-corrected chi connectivity index (χ1v) is 5.48. The van der Waals surface area contributed by atoms with Gasteiger partial charge in [0.05, 0.1) is 5.60 Å². The van der Waals surface area contributed by atoms with E-state index in [1.165, 1.54) is 6.08 Å². The molecule has 0 aliphatic rings. The Bertz CT molecular complexity index is 204. The maximum atomic E-state index is 9.55. The third-order valence-electron chi connectivity index (χ3n) is 1.77. The fourth-order valence-corrected chi connectivity index (χ4v) is 1.08. The second-order valence-corrected chi connectivity index (χ2v) is 5.91. The van der Waals surface area contributed by atoms with Crippen LogP contribution in [0.25, 0.3) is 0 Å². The van der Waals surface area contributed by atoms with E-state index in [1.807, 2.05) is 6.08 Å². The van der Waals surface area contributed by atoms with E-state index < -0.39 is 9.39 Å². The zero-order chi connectivity index (χ0) is 11.2. The fraction of sp³-hybridized carbons (Fsp3) is 0.600. The van der Waals surface area contributed by atoms with Crippen molar-refractivity contribution in [2.24, 2.45) is 0 Å². The quantitative estimate of drug-likeness (QED) is 0.583. The Morgan fingerprint density at radius 2 is 1.86 bits per heavy atom. The third-order valence-corrected chi connectivity index (χ3v) is 2.24. The molecular weight excluding hydrogens is 242 g/mol. The summed E-state index contributed by atoms with van der Waals surface area (Å²) in [5.41, 5.74) is -0.815. The largest absolute Gasteiger partial charge is 0.386 e. The van der Waals surface area contributed by atoms with Gasteiger partial charge in [-0.3, -0.25) is 0 Å². The lowest BCUT2D eigenvalue weighted by Gasteiger charge is -2.16. The number of allylic oxidation sites excluding steroid dienone is 2. The van der Waals surface area contributed by atoms with Crippen LogP contribution in [-0.2, 0) is 0 Å². The van der Waals surface area contributed by atoms with Crippen LogP contribution < -0.4 is 0 Å². The Labute approximate surface area is 100 Å². The Hall–Kier alpha value is 0.310. The van der Waals surface area contributed by atoms with Crippen LogP contribution >= 0.6 is 34.8 Å². The minimum Gasteiger partial charge on any atom is -0.386 e. The van der Waals surface area contributed by atoms with Gasteiger partial charge < -0.3 is 5.11 Å². The normalized spacial score (nSPS) is 16.9. The molecule has 0 rings (SSSR count). The highest BCUT2D eigenvalue weighted by Gasteiger charge is 2.17. The average Bonchev–Trinajstić information content (AvgIpc) is 2.01. The summed E-state index contributed by atoms with van der Waals surface area (Å²) < 4.78 is -1.22. The van der Waals surface area contributed by atoms with Crippen LogP contribution in [0, 0.1) is 0 Å². The molecule has 0 aromatic heterocycles. The van der Waals surface area contributed by atoms with E-state index in [4.69, 9.17) is 34.8 Å². The Kier molecular flexibility index (Phi) is 6.15. The van der Waals surface area contributed by atoms with Crippen LogP contribution in [0.15, 0.2) is 24.8 Å². The van der Waals surface area contributed by atoms with Crippen LogP contribution in [0.5, 0.6) is 0 Å². The van der Waals surface area contributed by atoms with Crippen molar-refractivity contribution in [2.45, 2.75) is 35.6 Å². The van der Waals surface area contributed by atoms with Crippen molar-refractivity contribution in [3.05, 3.63) is 24.8 Å². The van der Waals surface area contributed by atoms with Crippen molar-refractivity contribution in [3.63, 3.8) is 0 Å². The van der Waals surface area contributed by atoms with Gasteiger partial charge in [0, 0.05) is 6.42 Å². The standard InChI is InChI=1S/C10H15Cl3O/c1-3-9(2,14)7-5-4-6-8-10(11,12)13/h3-4,6,14H,1,5,7-8H2,2H3. The molecule has 0 aliphatic heterocycles. The molecule has 0 aromatic carbocycles. The summed E-state index contributed by atoms with van der Waals surface area (Å²) in [6.45, 7) is 5.24. The Balaban J connectivity index is 3.70. The number of aliphatic hydroxyl groups is 1. The van der Waals surface area contributed by atoms with Crippen molar-refractivity contribution in [1.82, 2.24) is 0 Å². The minimum absolute atomic E-state index is 0.383. The van der Waals surface area contributed by atoms with E-state index in [1.54, 1.807) is 13.0 Å². The average molecular weight is 258 g/mol. The lowest BCUT2D eigenvalue weighted by Crippen LogP contribution is -2.19. The molecule has 0 heterocycles. The first-order chi connectivity index (χ1) is 6.27. The summed E-state index contributed by atoms with van der Waals surface area (Å²) >= 11 is 16.6. The predicted octanol–water partition coefficient (Wildman–Crippen LogP) is 4.02. The monoisotopic (exact) mass is 256 g/mol. The van der Waals surface area contributed by atoms with Crippen molar-refractivity contribution >= 4 is 34.8 Å². The summed E-state index contributed by atoms with van der Waals surface area (Å²) in [6, 6.07) is 0. The molecule has 0 amide bonds. The topological polar surface area (TPSA) is 20.2 Å². The number of hydrogen-bond donors (Lipinski definition) is 1. The highest BCUT2D eigenvalue weighted by atomic mass is 35.6. The van der Waals surface area contributed by atoms with Crippen LogP contribution in [0.1, 0.15) is 26.2 Å². The molecule has 0 spiro atoms. The highest BCUT2D eigenvalue weighted by molar-refractivity contribution is 6.67. The van der Waals surface area contributed by atoms with Gasteiger partial charge in [-0.05, 0) is 19.8 Å². The molecule has 1 atom stereocenters. The maximum Gasteiger partial charge on any atom is 0.194 e. The molecule has 0 saturated heterocycles. The van der Waals surface area contributed by atoms with Gasteiger partial charge in [-0.2, -0.15) is 0 Å². The van der Waals surface area contributed by atoms with E-state index in [2.05, 4.69) is 6.58 Å². The Morgan fingerprint density at radius 1 is 1.29 bits per heavy atom. The zero-order valence-corrected chi connectivity index (χ0v) is 10.4. The van der Waals surface area contributed by atoms with Crippen LogP contribution in [0.2, 0.25) is 0 Å². The van der Waals surface area contributed by atoms with Gasteiger partial charge in [-0.15, -0.1) is 6.58 Å².